The number of aromatic nitrogens is 2. The molecule has 1 aromatic carbocycles. The Hall–Kier alpha value is -2.54. The van der Waals surface area contributed by atoms with Gasteiger partial charge in [-0.05, 0) is 44.5 Å². The number of furan rings is 1. The van der Waals surface area contributed by atoms with Gasteiger partial charge in [0.1, 0.15) is 17.3 Å². The average molecular weight is 279 g/mol. The van der Waals surface area contributed by atoms with Crippen LogP contribution in [0.3, 0.4) is 0 Å². The largest absolute Gasteiger partial charge is 0.466 e. The number of nitriles is 1. The summed E-state index contributed by atoms with van der Waals surface area (Å²) in [5.41, 5.74) is 3.57. The standard InChI is InChI=1S/C17H17N3O/c1-4-7-20-16-6-5-13(10-18)9-15(16)19-17(20)14-8-11(2)21-12(14)3/h5-6,8-9H,4,7H2,1-3H3. The highest BCUT2D eigenvalue weighted by Gasteiger charge is 2.16. The van der Waals surface area contributed by atoms with Crippen molar-refractivity contribution in [2.24, 2.45) is 0 Å². The van der Waals surface area contributed by atoms with Crippen molar-refractivity contribution >= 4 is 11.0 Å². The molecule has 0 aliphatic rings. The van der Waals surface area contributed by atoms with E-state index in [0.29, 0.717) is 5.56 Å². The number of rotatable bonds is 3. The van der Waals surface area contributed by atoms with Crippen LogP contribution in [0.15, 0.2) is 28.7 Å². The SMILES string of the molecule is CCCn1c(-c2cc(C)oc2C)nc2cc(C#N)ccc21. The van der Waals surface area contributed by atoms with E-state index < -0.39 is 0 Å². The highest BCUT2D eigenvalue weighted by atomic mass is 16.3. The van der Waals surface area contributed by atoms with Crippen LogP contribution in [0, 0.1) is 25.2 Å². The molecule has 2 heterocycles. The Labute approximate surface area is 123 Å². The third kappa shape index (κ3) is 2.21. The molecule has 4 heteroatoms. The number of fused-ring (bicyclic) bond motifs is 1. The molecule has 0 spiro atoms. The summed E-state index contributed by atoms with van der Waals surface area (Å²) in [6, 6.07) is 9.84. The second kappa shape index (κ2) is 5.10. The Balaban J connectivity index is 2.28. The van der Waals surface area contributed by atoms with Crippen molar-refractivity contribution in [3.8, 4) is 17.5 Å². The molecule has 2 aromatic heterocycles. The summed E-state index contributed by atoms with van der Waals surface area (Å²) < 4.78 is 7.84. The van der Waals surface area contributed by atoms with E-state index in [2.05, 4.69) is 17.6 Å². The average Bonchev–Trinajstić information content (AvgIpc) is 2.99. The molecule has 0 atom stereocenters. The van der Waals surface area contributed by atoms with Crippen molar-refractivity contribution in [1.29, 1.82) is 5.26 Å². The van der Waals surface area contributed by atoms with Gasteiger partial charge < -0.3 is 8.98 Å². The third-order valence-corrected chi connectivity index (χ3v) is 3.61. The molecular weight excluding hydrogens is 262 g/mol. The van der Waals surface area contributed by atoms with E-state index in [9.17, 15) is 0 Å². The van der Waals surface area contributed by atoms with Crippen LogP contribution in [0.2, 0.25) is 0 Å². The summed E-state index contributed by atoms with van der Waals surface area (Å²) in [5, 5.41) is 9.04. The van der Waals surface area contributed by atoms with Crippen LogP contribution in [-0.4, -0.2) is 9.55 Å². The van der Waals surface area contributed by atoms with Gasteiger partial charge in [-0.15, -0.1) is 0 Å². The first-order chi connectivity index (χ1) is 10.1. The van der Waals surface area contributed by atoms with Gasteiger partial charge in [-0.25, -0.2) is 4.98 Å². The normalized spacial score (nSPS) is 11.0. The molecule has 3 rings (SSSR count). The lowest BCUT2D eigenvalue weighted by Crippen LogP contribution is -1.99. The van der Waals surface area contributed by atoms with Crippen LogP contribution in [0.5, 0.6) is 0 Å². The molecule has 0 bridgehead atoms. The fourth-order valence-electron chi connectivity index (χ4n) is 2.71. The molecule has 0 amide bonds. The third-order valence-electron chi connectivity index (χ3n) is 3.61. The lowest BCUT2D eigenvalue weighted by atomic mass is 10.2. The van der Waals surface area contributed by atoms with Gasteiger partial charge in [-0.2, -0.15) is 5.26 Å². The molecule has 0 aliphatic heterocycles. The van der Waals surface area contributed by atoms with Crippen molar-refractivity contribution in [2.45, 2.75) is 33.7 Å². The zero-order valence-electron chi connectivity index (χ0n) is 12.5. The van der Waals surface area contributed by atoms with Gasteiger partial charge in [-0.1, -0.05) is 6.92 Å². The van der Waals surface area contributed by atoms with Crippen LogP contribution < -0.4 is 0 Å². The number of nitrogens with zero attached hydrogens (tertiary/aromatic N) is 3. The lowest BCUT2D eigenvalue weighted by Gasteiger charge is -2.06. The summed E-state index contributed by atoms with van der Waals surface area (Å²) in [4.78, 5) is 4.74. The number of benzene rings is 1. The predicted molar refractivity (Wildman–Crippen MR) is 81.9 cm³/mol. The van der Waals surface area contributed by atoms with E-state index >= 15 is 0 Å². The Morgan fingerprint density at radius 1 is 1.29 bits per heavy atom. The maximum absolute atomic E-state index is 9.04. The molecule has 0 saturated heterocycles. The number of hydrogen-bond donors (Lipinski definition) is 0. The van der Waals surface area contributed by atoms with Crippen molar-refractivity contribution in [2.75, 3.05) is 0 Å². The van der Waals surface area contributed by atoms with E-state index in [1.54, 1.807) is 0 Å². The van der Waals surface area contributed by atoms with Gasteiger partial charge in [0.25, 0.3) is 0 Å². The zero-order valence-corrected chi connectivity index (χ0v) is 12.5. The molecule has 0 saturated carbocycles. The molecule has 3 aromatic rings. The minimum absolute atomic E-state index is 0.635. The van der Waals surface area contributed by atoms with Crippen LogP contribution in [0.4, 0.5) is 0 Å². The van der Waals surface area contributed by atoms with Crippen LogP contribution >= 0.6 is 0 Å². The quantitative estimate of drug-likeness (QED) is 0.722. The van der Waals surface area contributed by atoms with Gasteiger partial charge in [0, 0.05) is 6.54 Å². The van der Waals surface area contributed by atoms with Crippen LogP contribution in [-0.2, 0) is 6.54 Å². The fourth-order valence-corrected chi connectivity index (χ4v) is 2.71. The summed E-state index contributed by atoms with van der Waals surface area (Å²) in [7, 11) is 0. The highest BCUT2D eigenvalue weighted by molar-refractivity contribution is 5.82. The van der Waals surface area contributed by atoms with Gasteiger partial charge in [-0.3, -0.25) is 0 Å². The molecule has 0 N–H and O–H groups in total. The van der Waals surface area contributed by atoms with Crippen molar-refractivity contribution < 1.29 is 4.42 Å². The smallest absolute Gasteiger partial charge is 0.144 e. The van der Waals surface area contributed by atoms with Crippen LogP contribution in [0.1, 0.15) is 30.4 Å². The molecule has 106 valence electrons. The topological polar surface area (TPSA) is 54.8 Å². The Morgan fingerprint density at radius 2 is 2.10 bits per heavy atom. The Bertz CT molecular complexity index is 849. The summed E-state index contributed by atoms with van der Waals surface area (Å²) >= 11 is 0. The Morgan fingerprint density at radius 3 is 2.71 bits per heavy atom. The number of imidazole rings is 1. The molecule has 21 heavy (non-hydrogen) atoms. The monoisotopic (exact) mass is 279 g/mol. The van der Waals surface area contributed by atoms with Crippen molar-refractivity contribution in [3.05, 3.63) is 41.3 Å². The number of hydrogen-bond acceptors (Lipinski definition) is 3. The summed E-state index contributed by atoms with van der Waals surface area (Å²) in [6.07, 6.45) is 1.02. The summed E-state index contributed by atoms with van der Waals surface area (Å²) in [5.74, 6) is 2.67. The van der Waals surface area contributed by atoms with Gasteiger partial charge >= 0.3 is 0 Å². The highest BCUT2D eigenvalue weighted by Crippen LogP contribution is 2.30. The lowest BCUT2D eigenvalue weighted by molar-refractivity contribution is 0.505. The molecule has 4 nitrogen and oxygen atoms in total. The first-order valence-corrected chi connectivity index (χ1v) is 7.12. The van der Waals surface area contributed by atoms with E-state index in [-0.39, 0.29) is 0 Å². The maximum atomic E-state index is 9.04. The minimum Gasteiger partial charge on any atom is -0.466 e. The second-order valence-corrected chi connectivity index (χ2v) is 5.23. The maximum Gasteiger partial charge on any atom is 0.144 e. The number of aryl methyl sites for hydroxylation is 3. The van der Waals surface area contributed by atoms with E-state index in [0.717, 1.165) is 46.9 Å². The van der Waals surface area contributed by atoms with Crippen molar-refractivity contribution in [1.82, 2.24) is 9.55 Å². The summed E-state index contributed by atoms with van der Waals surface area (Å²) in [6.45, 7) is 6.93. The Kier molecular flexibility index (Phi) is 3.26. The van der Waals surface area contributed by atoms with Gasteiger partial charge in [0.05, 0.1) is 28.2 Å². The van der Waals surface area contributed by atoms with Crippen molar-refractivity contribution in [3.63, 3.8) is 0 Å². The molecular formula is C17H17N3O. The van der Waals surface area contributed by atoms with E-state index in [1.807, 2.05) is 38.1 Å². The molecule has 0 aliphatic carbocycles. The van der Waals surface area contributed by atoms with Crippen LogP contribution in [0.25, 0.3) is 22.4 Å². The van der Waals surface area contributed by atoms with Gasteiger partial charge in [0.2, 0.25) is 0 Å². The first kappa shape index (κ1) is 13.4. The molecule has 0 radical (unpaired) electrons. The fraction of sp³-hybridized carbons (Fsp3) is 0.294. The van der Waals surface area contributed by atoms with Gasteiger partial charge in [0.15, 0.2) is 0 Å². The second-order valence-electron chi connectivity index (χ2n) is 5.23. The first-order valence-electron chi connectivity index (χ1n) is 7.12. The van der Waals surface area contributed by atoms with E-state index in [4.69, 9.17) is 14.7 Å². The minimum atomic E-state index is 0.635. The predicted octanol–water partition coefficient (Wildman–Crippen LogP) is 4.19. The van der Waals surface area contributed by atoms with E-state index in [1.165, 1.54) is 0 Å². The molecule has 0 fully saturated rings. The molecule has 0 unspecified atom stereocenters. The zero-order chi connectivity index (χ0) is 15.0.